The maximum Gasteiger partial charge on any atom is 0.264 e. The minimum Gasteiger partial charge on any atom is -0.268 e. The number of hydrogen-bond donors (Lipinski definition) is 1. The summed E-state index contributed by atoms with van der Waals surface area (Å²) in [4.78, 5) is 12.3. The Morgan fingerprint density at radius 3 is 2.19 bits per heavy atom. The number of hydrogen-bond acceptors (Lipinski definition) is 5. The van der Waals surface area contributed by atoms with Crippen molar-refractivity contribution in [2.45, 2.75) is 68.7 Å². The average molecular weight is 479 g/mol. The lowest BCUT2D eigenvalue weighted by Crippen LogP contribution is -2.34. The molecule has 1 fully saturated rings. The summed E-state index contributed by atoms with van der Waals surface area (Å²) in [7, 11) is -8.11. The van der Waals surface area contributed by atoms with Crippen LogP contribution in [0, 0.1) is 6.92 Å². The van der Waals surface area contributed by atoms with Crippen molar-refractivity contribution in [3.05, 3.63) is 59.2 Å². The predicted molar refractivity (Wildman–Crippen MR) is 124 cm³/mol. The van der Waals surface area contributed by atoms with Crippen LogP contribution in [0.4, 0.5) is 0 Å². The Kier molecular flexibility index (Phi) is 6.57. The smallest absolute Gasteiger partial charge is 0.264 e. The van der Waals surface area contributed by atoms with E-state index in [-0.39, 0.29) is 26.8 Å². The summed E-state index contributed by atoms with van der Waals surface area (Å²) in [5.74, 6) is -0.772. The standard InChI is InChI=1S/C23H30N2O5S2/c1-16-8-13-20(32(29,30)25-14-6-7-17(25)2)15-21(16)31(27,28)24-22(26)18-9-11-19(12-10-18)23(3,4)5/h8-13,15,17H,6-7,14H2,1-5H3,(H,24,26). The second-order valence-corrected chi connectivity index (χ2v) is 12.8. The molecule has 1 aliphatic rings. The van der Waals surface area contributed by atoms with E-state index in [9.17, 15) is 21.6 Å². The number of nitrogens with one attached hydrogen (secondary N) is 1. The molecule has 0 aromatic heterocycles. The number of rotatable bonds is 5. The molecule has 1 atom stereocenters. The first-order valence-electron chi connectivity index (χ1n) is 10.5. The van der Waals surface area contributed by atoms with E-state index >= 15 is 0 Å². The Bertz CT molecular complexity index is 1230. The molecule has 3 rings (SSSR count). The highest BCUT2D eigenvalue weighted by atomic mass is 32.2. The van der Waals surface area contributed by atoms with Crippen LogP contribution >= 0.6 is 0 Å². The lowest BCUT2D eigenvalue weighted by Gasteiger charge is -2.21. The van der Waals surface area contributed by atoms with E-state index in [0.717, 1.165) is 24.5 Å². The highest BCUT2D eigenvalue weighted by molar-refractivity contribution is 7.90. The van der Waals surface area contributed by atoms with Crippen LogP contribution in [-0.4, -0.2) is 39.6 Å². The minimum atomic E-state index is -4.28. The van der Waals surface area contributed by atoms with E-state index < -0.39 is 26.0 Å². The molecule has 1 aliphatic heterocycles. The maximum atomic E-state index is 13.0. The number of carbonyl (C=O) groups excluding carboxylic acids is 1. The van der Waals surface area contributed by atoms with Gasteiger partial charge in [-0.25, -0.2) is 21.6 Å². The largest absolute Gasteiger partial charge is 0.268 e. The van der Waals surface area contributed by atoms with Crippen LogP contribution in [0.5, 0.6) is 0 Å². The molecule has 1 N–H and O–H groups in total. The second kappa shape index (κ2) is 8.61. The number of carbonyl (C=O) groups is 1. The highest BCUT2D eigenvalue weighted by Crippen LogP contribution is 2.28. The third-order valence-electron chi connectivity index (χ3n) is 5.79. The molecule has 0 bridgehead atoms. The summed E-state index contributed by atoms with van der Waals surface area (Å²) in [6.45, 7) is 9.92. The van der Waals surface area contributed by atoms with Gasteiger partial charge in [0.1, 0.15) is 0 Å². The van der Waals surface area contributed by atoms with Gasteiger partial charge in [-0.05, 0) is 67.5 Å². The van der Waals surface area contributed by atoms with Gasteiger partial charge >= 0.3 is 0 Å². The fraction of sp³-hybridized carbons (Fsp3) is 0.435. The first kappa shape index (κ1) is 24.4. The molecule has 1 amide bonds. The zero-order valence-electron chi connectivity index (χ0n) is 19.0. The van der Waals surface area contributed by atoms with Gasteiger partial charge in [0.25, 0.3) is 15.9 Å². The fourth-order valence-corrected chi connectivity index (χ4v) is 6.83. The molecule has 7 nitrogen and oxygen atoms in total. The van der Waals surface area contributed by atoms with Crippen LogP contribution in [0.3, 0.4) is 0 Å². The third-order valence-corrected chi connectivity index (χ3v) is 9.27. The zero-order chi connectivity index (χ0) is 23.9. The fourth-order valence-electron chi connectivity index (χ4n) is 3.79. The van der Waals surface area contributed by atoms with E-state index in [1.54, 1.807) is 31.2 Å². The molecule has 0 saturated carbocycles. The molecule has 1 unspecified atom stereocenters. The van der Waals surface area contributed by atoms with Gasteiger partial charge in [0.05, 0.1) is 9.79 Å². The van der Waals surface area contributed by atoms with Crippen LogP contribution in [-0.2, 0) is 25.5 Å². The van der Waals surface area contributed by atoms with Crippen LogP contribution < -0.4 is 4.72 Å². The van der Waals surface area contributed by atoms with Crippen LogP contribution in [0.2, 0.25) is 0 Å². The predicted octanol–water partition coefficient (Wildman–Crippen LogP) is 3.58. The number of nitrogens with zero attached hydrogens (tertiary/aromatic N) is 1. The third kappa shape index (κ3) is 4.89. The Labute approximate surface area is 190 Å². The lowest BCUT2D eigenvalue weighted by molar-refractivity contribution is 0.0981. The monoisotopic (exact) mass is 478 g/mol. The summed E-state index contributed by atoms with van der Waals surface area (Å²) in [5.41, 5.74) is 1.47. The Morgan fingerprint density at radius 2 is 1.66 bits per heavy atom. The topological polar surface area (TPSA) is 101 Å². The normalized spacial score (nSPS) is 18.0. The van der Waals surface area contributed by atoms with E-state index in [1.165, 1.54) is 16.4 Å². The first-order valence-corrected chi connectivity index (χ1v) is 13.5. The molecular weight excluding hydrogens is 448 g/mol. The van der Waals surface area contributed by atoms with Crippen molar-refractivity contribution in [1.82, 2.24) is 9.03 Å². The molecule has 0 aliphatic carbocycles. The molecule has 174 valence electrons. The number of benzene rings is 2. The maximum absolute atomic E-state index is 13.0. The molecule has 2 aromatic carbocycles. The summed E-state index contributed by atoms with van der Waals surface area (Å²) in [6, 6.07) is 10.6. The molecule has 0 radical (unpaired) electrons. The van der Waals surface area contributed by atoms with Gasteiger partial charge in [-0.3, -0.25) is 4.79 Å². The molecule has 1 heterocycles. The SMILES string of the molecule is Cc1ccc(S(=O)(=O)N2CCCC2C)cc1S(=O)(=O)NC(=O)c1ccc(C(C)(C)C)cc1. The first-order chi connectivity index (χ1) is 14.7. The lowest BCUT2D eigenvalue weighted by atomic mass is 9.87. The van der Waals surface area contributed by atoms with Crippen molar-refractivity contribution in [1.29, 1.82) is 0 Å². The average Bonchev–Trinajstić information content (AvgIpc) is 3.14. The van der Waals surface area contributed by atoms with E-state index in [1.807, 2.05) is 27.7 Å². The molecule has 1 saturated heterocycles. The Morgan fingerprint density at radius 1 is 1.03 bits per heavy atom. The van der Waals surface area contributed by atoms with Gasteiger partial charge in [-0.1, -0.05) is 39.0 Å². The van der Waals surface area contributed by atoms with Gasteiger partial charge < -0.3 is 0 Å². The van der Waals surface area contributed by atoms with Crippen LogP contribution in [0.25, 0.3) is 0 Å². The summed E-state index contributed by atoms with van der Waals surface area (Å²) in [5, 5.41) is 0. The Balaban J connectivity index is 1.90. The summed E-state index contributed by atoms with van der Waals surface area (Å²) >= 11 is 0. The van der Waals surface area contributed by atoms with Gasteiger partial charge in [0, 0.05) is 18.2 Å². The minimum absolute atomic E-state index is 0.0980. The quantitative estimate of drug-likeness (QED) is 0.708. The van der Waals surface area contributed by atoms with Crippen molar-refractivity contribution in [2.75, 3.05) is 6.54 Å². The summed E-state index contributed by atoms with van der Waals surface area (Å²) < 4.78 is 55.5. The van der Waals surface area contributed by atoms with Crippen molar-refractivity contribution in [3.63, 3.8) is 0 Å². The number of aryl methyl sites for hydroxylation is 1. The van der Waals surface area contributed by atoms with E-state index in [2.05, 4.69) is 4.72 Å². The van der Waals surface area contributed by atoms with Gasteiger partial charge in [0.2, 0.25) is 10.0 Å². The molecule has 2 aromatic rings. The number of amides is 1. The van der Waals surface area contributed by atoms with Crippen LogP contribution in [0.1, 0.15) is 62.0 Å². The molecule has 0 spiro atoms. The van der Waals surface area contributed by atoms with E-state index in [4.69, 9.17) is 0 Å². The zero-order valence-corrected chi connectivity index (χ0v) is 20.7. The van der Waals surface area contributed by atoms with E-state index in [0.29, 0.717) is 12.1 Å². The molecular formula is C23H30N2O5S2. The second-order valence-electron chi connectivity index (χ2n) is 9.30. The van der Waals surface area contributed by atoms with Crippen LogP contribution in [0.15, 0.2) is 52.3 Å². The molecule has 32 heavy (non-hydrogen) atoms. The van der Waals surface area contributed by atoms with Gasteiger partial charge in [-0.15, -0.1) is 0 Å². The Hall–Kier alpha value is -2.23. The highest BCUT2D eigenvalue weighted by Gasteiger charge is 2.34. The summed E-state index contributed by atoms with van der Waals surface area (Å²) in [6.07, 6.45) is 1.53. The van der Waals surface area contributed by atoms with Crippen molar-refractivity contribution >= 4 is 26.0 Å². The molecule has 9 heteroatoms. The number of sulfonamides is 2. The van der Waals surface area contributed by atoms with Crippen molar-refractivity contribution in [3.8, 4) is 0 Å². The van der Waals surface area contributed by atoms with Gasteiger partial charge in [-0.2, -0.15) is 4.31 Å². The van der Waals surface area contributed by atoms with Crippen molar-refractivity contribution in [2.24, 2.45) is 0 Å². The van der Waals surface area contributed by atoms with Crippen molar-refractivity contribution < 1.29 is 21.6 Å². The van der Waals surface area contributed by atoms with Gasteiger partial charge in [0.15, 0.2) is 0 Å².